The van der Waals surface area contributed by atoms with Crippen molar-refractivity contribution < 1.29 is 19.6 Å². The number of piperidine rings is 2. The predicted molar refractivity (Wildman–Crippen MR) is 81.6 cm³/mol. The molecular formula is C15H21N5O4+2. The van der Waals surface area contributed by atoms with E-state index in [0.29, 0.717) is 26.2 Å². The molecule has 0 unspecified atom stereocenters. The molecule has 128 valence electrons. The van der Waals surface area contributed by atoms with Crippen molar-refractivity contribution in [3.05, 3.63) is 50.3 Å². The fourth-order valence-electron chi connectivity index (χ4n) is 5.45. The SMILES string of the molecule is CC1(C)C2([N+](=O)[O-])C[NH+]3CC1([N+](=O)[O-])C[NH+](C2)C3c1ccccn1. The molecule has 24 heavy (non-hydrogen) atoms. The first-order valence-electron chi connectivity index (χ1n) is 8.14. The Bertz CT molecular complexity index is 670. The fourth-order valence-corrected chi connectivity index (χ4v) is 5.45. The Morgan fingerprint density at radius 2 is 1.54 bits per heavy atom. The Kier molecular flexibility index (Phi) is 2.88. The summed E-state index contributed by atoms with van der Waals surface area (Å²) in [4.78, 5) is 29.8. The van der Waals surface area contributed by atoms with Gasteiger partial charge in [-0.1, -0.05) is 6.07 Å². The Morgan fingerprint density at radius 3 is 1.92 bits per heavy atom. The highest BCUT2D eigenvalue weighted by atomic mass is 16.6. The quantitative estimate of drug-likeness (QED) is 0.488. The summed E-state index contributed by atoms with van der Waals surface area (Å²) in [5.41, 5.74) is -2.68. The van der Waals surface area contributed by atoms with Gasteiger partial charge in [0, 0.05) is 16.0 Å². The van der Waals surface area contributed by atoms with E-state index in [2.05, 4.69) is 4.98 Å². The third-order valence-corrected chi connectivity index (χ3v) is 6.90. The van der Waals surface area contributed by atoms with E-state index in [9.17, 15) is 20.2 Å². The molecule has 4 fully saturated rings. The molecule has 0 aromatic carbocycles. The van der Waals surface area contributed by atoms with Gasteiger partial charge in [0.2, 0.25) is 0 Å². The van der Waals surface area contributed by atoms with Crippen LogP contribution in [0.2, 0.25) is 0 Å². The summed E-state index contributed by atoms with van der Waals surface area (Å²) in [5, 5.41) is 24.0. The lowest BCUT2D eigenvalue weighted by molar-refractivity contribution is -1.20. The van der Waals surface area contributed by atoms with Crippen LogP contribution in [0.15, 0.2) is 24.4 Å². The van der Waals surface area contributed by atoms with Crippen molar-refractivity contribution in [2.45, 2.75) is 31.1 Å². The van der Waals surface area contributed by atoms with Crippen LogP contribution in [0.1, 0.15) is 25.7 Å². The predicted octanol–water partition coefficient (Wildman–Crippen LogP) is -2.05. The van der Waals surface area contributed by atoms with Gasteiger partial charge in [0.05, 0.1) is 0 Å². The number of nitrogens with zero attached hydrogens (tertiary/aromatic N) is 3. The summed E-state index contributed by atoms with van der Waals surface area (Å²) in [5.74, 6) is 0. The molecule has 4 aliphatic heterocycles. The van der Waals surface area contributed by atoms with Crippen LogP contribution >= 0.6 is 0 Å². The van der Waals surface area contributed by atoms with Gasteiger partial charge in [-0.3, -0.25) is 30.0 Å². The van der Waals surface area contributed by atoms with Crippen LogP contribution in [-0.4, -0.2) is 52.1 Å². The molecule has 4 bridgehead atoms. The van der Waals surface area contributed by atoms with Crippen molar-refractivity contribution in [3.63, 3.8) is 0 Å². The summed E-state index contributed by atoms with van der Waals surface area (Å²) in [6, 6.07) is 5.63. The second-order valence-corrected chi connectivity index (χ2v) is 7.91. The minimum Gasteiger partial charge on any atom is -0.268 e. The number of nitro groups is 2. The summed E-state index contributed by atoms with van der Waals surface area (Å²) in [6.45, 7) is 4.68. The minimum absolute atomic E-state index is 0.0663. The first kappa shape index (κ1) is 15.4. The third kappa shape index (κ3) is 1.54. The lowest BCUT2D eigenvalue weighted by Crippen LogP contribution is -3.43. The van der Waals surface area contributed by atoms with Crippen LogP contribution in [0.25, 0.3) is 0 Å². The van der Waals surface area contributed by atoms with E-state index < -0.39 is 16.5 Å². The van der Waals surface area contributed by atoms with Gasteiger partial charge < -0.3 is 0 Å². The Labute approximate surface area is 138 Å². The van der Waals surface area contributed by atoms with Gasteiger partial charge in [-0.25, -0.2) is 4.98 Å². The molecule has 9 heteroatoms. The fraction of sp³-hybridized carbons (Fsp3) is 0.667. The van der Waals surface area contributed by atoms with E-state index >= 15 is 0 Å². The number of hydrogen-bond donors (Lipinski definition) is 2. The van der Waals surface area contributed by atoms with Crippen LogP contribution in [0.3, 0.4) is 0 Å². The Hall–Kier alpha value is -2.13. The third-order valence-electron chi connectivity index (χ3n) is 6.90. The standard InChI is InChI=1S/C15H19N5O4/c1-13(2)14(19(21)22)7-17-9-15(13,20(23)24)10-18(8-14)12(17)11-5-3-4-6-16-11/h3-6,12H,7-10H2,1-2H3/p+2. The lowest BCUT2D eigenvalue weighted by atomic mass is 9.53. The monoisotopic (exact) mass is 335 g/mol. The molecule has 4 saturated heterocycles. The second-order valence-electron chi connectivity index (χ2n) is 7.91. The van der Waals surface area contributed by atoms with Crippen molar-refractivity contribution in [2.24, 2.45) is 5.41 Å². The molecule has 5 rings (SSSR count). The van der Waals surface area contributed by atoms with Gasteiger partial charge in [0.15, 0.2) is 31.9 Å². The smallest absolute Gasteiger partial charge is 0.268 e. The van der Waals surface area contributed by atoms with Crippen molar-refractivity contribution in [3.8, 4) is 0 Å². The van der Waals surface area contributed by atoms with Gasteiger partial charge in [0.1, 0.15) is 5.41 Å². The number of aromatic nitrogens is 1. The van der Waals surface area contributed by atoms with E-state index in [1.165, 1.54) is 0 Å². The molecule has 1 aromatic rings. The van der Waals surface area contributed by atoms with Crippen LogP contribution < -0.4 is 9.80 Å². The molecule has 0 saturated carbocycles. The van der Waals surface area contributed by atoms with Crippen LogP contribution in [0.4, 0.5) is 0 Å². The maximum absolute atomic E-state index is 12.0. The average Bonchev–Trinajstić information content (AvgIpc) is 2.51. The number of hydrogen-bond acceptors (Lipinski definition) is 5. The first-order chi connectivity index (χ1) is 11.3. The number of nitrogens with one attached hydrogen (secondary N) is 2. The van der Waals surface area contributed by atoms with Gasteiger partial charge in [-0.05, 0) is 26.0 Å². The summed E-state index contributed by atoms with van der Waals surface area (Å²) >= 11 is 0. The largest absolute Gasteiger partial charge is 0.329 e. The topological polar surface area (TPSA) is 108 Å². The van der Waals surface area contributed by atoms with E-state index in [0.717, 1.165) is 15.5 Å². The molecule has 9 nitrogen and oxygen atoms in total. The zero-order chi connectivity index (χ0) is 17.3. The van der Waals surface area contributed by atoms with Gasteiger partial charge in [-0.2, -0.15) is 0 Å². The zero-order valence-corrected chi connectivity index (χ0v) is 13.7. The number of quaternary nitrogens is 2. The number of pyridine rings is 1. The molecule has 0 atom stereocenters. The van der Waals surface area contributed by atoms with Gasteiger partial charge >= 0.3 is 11.1 Å². The van der Waals surface area contributed by atoms with Gasteiger partial charge in [-0.15, -0.1) is 0 Å². The van der Waals surface area contributed by atoms with Crippen molar-refractivity contribution in [2.75, 3.05) is 26.2 Å². The molecule has 1 aromatic heterocycles. The molecular weight excluding hydrogens is 314 g/mol. The number of rotatable bonds is 3. The molecule has 2 N–H and O–H groups in total. The van der Waals surface area contributed by atoms with Crippen molar-refractivity contribution in [1.29, 1.82) is 0 Å². The minimum atomic E-state index is -1.27. The maximum Gasteiger partial charge on any atom is 0.329 e. The summed E-state index contributed by atoms with van der Waals surface area (Å²) in [7, 11) is 0. The highest BCUT2D eigenvalue weighted by molar-refractivity contribution is 5.14. The Morgan fingerprint density at radius 1 is 1.04 bits per heavy atom. The molecule has 4 aliphatic rings. The molecule has 5 heterocycles. The second kappa shape index (κ2) is 4.48. The molecule has 0 aliphatic carbocycles. The summed E-state index contributed by atoms with van der Waals surface area (Å²) in [6.07, 6.45) is 1.64. The maximum atomic E-state index is 12.0. The highest BCUT2D eigenvalue weighted by Gasteiger charge is 2.87. The lowest BCUT2D eigenvalue weighted by Gasteiger charge is -2.60. The molecule has 0 amide bonds. The Balaban J connectivity index is 1.86. The normalized spacial score (nSPS) is 42.0. The van der Waals surface area contributed by atoms with Crippen LogP contribution in [0.5, 0.6) is 0 Å². The molecule has 0 radical (unpaired) electrons. The van der Waals surface area contributed by atoms with Crippen molar-refractivity contribution in [1.82, 2.24) is 4.98 Å². The van der Waals surface area contributed by atoms with Crippen LogP contribution in [-0.2, 0) is 0 Å². The van der Waals surface area contributed by atoms with E-state index in [1.54, 1.807) is 20.0 Å². The van der Waals surface area contributed by atoms with Crippen LogP contribution in [0, 0.1) is 25.6 Å². The average molecular weight is 335 g/mol. The zero-order valence-electron chi connectivity index (χ0n) is 13.7. The van der Waals surface area contributed by atoms with E-state index in [4.69, 9.17) is 0 Å². The van der Waals surface area contributed by atoms with Crippen molar-refractivity contribution >= 4 is 0 Å². The van der Waals surface area contributed by atoms with Gasteiger partial charge in [0.25, 0.3) is 6.17 Å². The van der Waals surface area contributed by atoms with E-state index in [-0.39, 0.29) is 16.0 Å². The first-order valence-corrected chi connectivity index (χ1v) is 8.14. The molecule has 0 spiro atoms. The highest BCUT2D eigenvalue weighted by Crippen LogP contribution is 2.48. The van der Waals surface area contributed by atoms with E-state index in [1.807, 2.05) is 18.2 Å². The summed E-state index contributed by atoms with van der Waals surface area (Å²) < 4.78 is 0.